The molecule has 1 aromatic carbocycles. The molecule has 0 fully saturated rings. The number of nitrogens with one attached hydrogen (secondary N) is 2. The van der Waals surface area contributed by atoms with Crippen LogP contribution in [-0.2, 0) is 21.2 Å². The number of carbonyl (C=O) groups is 1. The van der Waals surface area contributed by atoms with Crippen LogP contribution >= 0.6 is 11.3 Å². The van der Waals surface area contributed by atoms with E-state index in [-0.39, 0.29) is 15.9 Å². The van der Waals surface area contributed by atoms with E-state index in [2.05, 4.69) is 21.9 Å². The lowest BCUT2D eigenvalue weighted by atomic mass is 10.2. The van der Waals surface area contributed by atoms with Gasteiger partial charge in [0, 0.05) is 18.3 Å². The van der Waals surface area contributed by atoms with Crippen molar-refractivity contribution in [3.63, 3.8) is 0 Å². The van der Waals surface area contributed by atoms with Crippen LogP contribution in [0, 0.1) is 0 Å². The summed E-state index contributed by atoms with van der Waals surface area (Å²) < 4.78 is 32.2. The predicted molar refractivity (Wildman–Crippen MR) is 102 cm³/mol. The summed E-state index contributed by atoms with van der Waals surface area (Å²) in [6, 6.07) is 6.10. The topological polar surface area (TPSA) is 97.4 Å². The van der Waals surface area contributed by atoms with E-state index in [1.807, 2.05) is 0 Å². The van der Waals surface area contributed by atoms with Crippen molar-refractivity contribution in [2.75, 3.05) is 18.4 Å². The SMILES string of the molecule is CCCCNC(=O)CCc1csc(NS(=O)(=O)c2ccc(OC)cc2)n1. The van der Waals surface area contributed by atoms with Crippen LogP contribution in [0.5, 0.6) is 5.75 Å². The van der Waals surface area contributed by atoms with E-state index in [1.165, 1.54) is 30.6 Å². The molecule has 0 atom stereocenters. The normalized spacial score (nSPS) is 11.2. The highest BCUT2D eigenvalue weighted by atomic mass is 32.2. The minimum Gasteiger partial charge on any atom is -0.497 e. The number of unbranched alkanes of at least 4 members (excludes halogenated alkanes) is 1. The van der Waals surface area contributed by atoms with Crippen LogP contribution in [0.25, 0.3) is 0 Å². The van der Waals surface area contributed by atoms with Gasteiger partial charge in [0.15, 0.2) is 5.13 Å². The van der Waals surface area contributed by atoms with Gasteiger partial charge >= 0.3 is 0 Å². The fourth-order valence-electron chi connectivity index (χ4n) is 2.13. The third-order valence-electron chi connectivity index (χ3n) is 3.60. The second-order valence-electron chi connectivity index (χ2n) is 5.63. The molecule has 0 radical (unpaired) electrons. The van der Waals surface area contributed by atoms with E-state index in [4.69, 9.17) is 4.74 Å². The van der Waals surface area contributed by atoms with Gasteiger partial charge in [-0.25, -0.2) is 13.4 Å². The smallest absolute Gasteiger partial charge is 0.263 e. The van der Waals surface area contributed by atoms with Gasteiger partial charge in [-0.2, -0.15) is 0 Å². The van der Waals surface area contributed by atoms with Gasteiger partial charge < -0.3 is 10.1 Å². The maximum atomic E-state index is 12.4. The molecule has 0 bridgehead atoms. The van der Waals surface area contributed by atoms with Crippen LogP contribution in [0.1, 0.15) is 31.9 Å². The summed E-state index contributed by atoms with van der Waals surface area (Å²) in [4.78, 5) is 16.1. The lowest BCUT2D eigenvalue weighted by Gasteiger charge is -2.06. The Bertz CT molecular complexity index is 817. The van der Waals surface area contributed by atoms with Crippen molar-refractivity contribution in [1.82, 2.24) is 10.3 Å². The molecule has 2 rings (SSSR count). The molecule has 142 valence electrons. The Morgan fingerprint density at radius 3 is 2.65 bits per heavy atom. The number of sulfonamides is 1. The van der Waals surface area contributed by atoms with E-state index in [9.17, 15) is 13.2 Å². The fourth-order valence-corrected chi connectivity index (χ4v) is 4.13. The number of aryl methyl sites for hydroxylation is 1. The summed E-state index contributed by atoms with van der Waals surface area (Å²) in [6.07, 6.45) is 2.79. The van der Waals surface area contributed by atoms with Gasteiger partial charge in [-0.1, -0.05) is 13.3 Å². The van der Waals surface area contributed by atoms with Crippen molar-refractivity contribution in [1.29, 1.82) is 0 Å². The highest BCUT2D eigenvalue weighted by molar-refractivity contribution is 7.93. The van der Waals surface area contributed by atoms with E-state index < -0.39 is 10.0 Å². The second kappa shape index (κ2) is 9.54. The summed E-state index contributed by atoms with van der Waals surface area (Å²) in [5, 5.41) is 4.88. The minimum atomic E-state index is -3.71. The maximum Gasteiger partial charge on any atom is 0.263 e. The Kier molecular flexibility index (Phi) is 7.40. The largest absolute Gasteiger partial charge is 0.497 e. The van der Waals surface area contributed by atoms with Crippen LogP contribution < -0.4 is 14.8 Å². The number of nitrogens with zero attached hydrogens (tertiary/aromatic N) is 1. The first kappa shape index (κ1) is 20.2. The Balaban J connectivity index is 1.91. The molecular formula is C17H23N3O4S2. The lowest BCUT2D eigenvalue weighted by molar-refractivity contribution is -0.121. The predicted octanol–water partition coefficient (Wildman–Crippen LogP) is 2.80. The first-order valence-corrected chi connectivity index (χ1v) is 10.7. The number of methoxy groups -OCH3 is 1. The van der Waals surface area contributed by atoms with E-state index >= 15 is 0 Å². The van der Waals surface area contributed by atoms with Gasteiger partial charge in [0.2, 0.25) is 5.91 Å². The molecule has 7 nitrogen and oxygen atoms in total. The number of carbonyl (C=O) groups excluding carboxylic acids is 1. The van der Waals surface area contributed by atoms with Crippen molar-refractivity contribution >= 4 is 32.4 Å². The molecule has 1 amide bonds. The molecule has 0 saturated carbocycles. The number of benzene rings is 1. The monoisotopic (exact) mass is 397 g/mol. The molecule has 1 aromatic heterocycles. The molecule has 2 aromatic rings. The number of rotatable bonds is 10. The molecule has 1 heterocycles. The van der Waals surface area contributed by atoms with E-state index in [0.29, 0.717) is 30.8 Å². The first-order chi connectivity index (χ1) is 12.4. The maximum absolute atomic E-state index is 12.4. The summed E-state index contributed by atoms with van der Waals surface area (Å²) in [5.41, 5.74) is 0.688. The number of aromatic nitrogens is 1. The number of hydrogen-bond acceptors (Lipinski definition) is 6. The fraction of sp³-hybridized carbons (Fsp3) is 0.412. The van der Waals surface area contributed by atoms with Gasteiger partial charge in [-0.15, -0.1) is 11.3 Å². The molecule has 26 heavy (non-hydrogen) atoms. The third kappa shape index (κ3) is 5.99. The highest BCUT2D eigenvalue weighted by Gasteiger charge is 2.16. The lowest BCUT2D eigenvalue weighted by Crippen LogP contribution is -2.24. The summed E-state index contributed by atoms with van der Waals surface area (Å²) in [5.74, 6) is 0.560. The minimum absolute atomic E-state index is 0.0215. The molecule has 2 N–H and O–H groups in total. The van der Waals surface area contributed by atoms with Crippen molar-refractivity contribution in [3.8, 4) is 5.75 Å². The summed E-state index contributed by atoms with van der Waals surface area (Å²) in [6.45, 7) is 2.75. The van der Waals surface area contributed by atoms with Gasteiger partial charge in [-0.3, -0.25) is 9.52 Å². The standard InChI is InChI=1S/C17H23N3O4S2/c1-3-4-11-18-16(21)10-5-13-12-25-17(19-13)20-26(22,23)15-8-6-14(24-2)7-9-15/h6-9,12H,3-5,10-11H2,1-2H3,(H,18,21)(H,19,20). The molecule has 0 spiro atoms. The van der Waals surface area contributed by atoms with Crippen molar-refractivity contribution in [2.24, 2.45) is 0 Å². The van der Waals surface area contributed by atoms with Gasteiger partial charge in [0.1, 0.15) is 5.75 Å². The first-order valence-electron chi connectivity index (χ1n) is 8.32. The van der Waals surface area contributed by atoms with Crippen LogP contribution in [0.3, 0.4) is 0 Å². The van der Waals surface area contributed by atoms with Crippen LogP contribution in [-0.4, -0.2) is 33.0 Å². The number of anilines is 1. The van der Waals surface area contributed by atoms with E-state index in [0.717, 1.165) is 12.8 Å². The number of amides is 1. The quantitative estimate of drug-likeness (QED) is 0.601. The Morgan fingerprint density at radius 2 is 2.00 bits per heavy atom. The summed E-state index contributed by atoms with van der Waals surface area (Å²) in [7, 11) is -2.19. The van der Waals surface area contributed by atoms with Crippen LogP contribution in [0.15, 0.2) is 34.5 Å². The zero-order chi connectivity index (χ0) is 19.0. The zero-order valence-corrected chi connectivity index (χ0v) is 16.5. The Labute approximate surface area is 157 Å². The van der Waals surface area contributed by atoms with Gasteiger partial charge in [-0.05, 0) is 37.1 Å². The Morgan fingerprint density at radius 1 is 1.27 bits per heavy atom. The molecule has 0 aliphatic carbocycles. The van der Waals surface area contributed by atoms with Gasteiger partial charge in [0.05, 0.1) is 17.7 Å². The zero-order valence-electron chi connectivity index (χ0n) is 14.8. The van der Waals surface area contributed by atoms with Gasteiger partial charge in [0.25, 0.3) is 10.0 Å². The molecular weight excluding hydrogens is 374 g/mol. The average Bonchev–Trinajstić information content (AvgIpc) is 3.07. The molecule has 0 aliphatic heterocycles. The molecule has 0 saturated heterocycles. The second-order valence-corrected chi connectivity index (χ2v) is 8.17. The third-order valence-corrected chi connectivity index (χ3v) is 5.89. The average molecular weight is 398 g/mol. The van der Waals surface area contributed by atoms with Crippen molar-refractivity contribution in [2.45, 2.75) is 37.5 Å². The number of hydrogen-bond donors (Lipinski definition) is 2. The van der Waals surface area contributed by atoms with Crippen molar-refractivity contribution in [3.05, 3.63) is 35.3 Å². The molecule has 9 heteroatoms. The highest BCUT2D eigenvalue weighted by Crippen LogP contribution is 2.22. The number of ether oxygens (including phenoxy) is 1. The number of thiazole rings is 1. The van der Waals surface area contributed by atoms with Crippen LogP contribution in [0.2, 0.25) is 0 Å². The van der Waals surface area contributed by atoms with Crippen LogP contribution in [0.4, 0.5) is 5.13 Å². The Hall–Kier alpha value is -2.13. The van der Waals surface area contributed by atoms with E-state index in [1.54, 1.807) is 17.5 Å². The molecule has 0 unspecified atom stereocenters. The van der Waals surface area contributed by atoms with Crippen molar-refractivity contribution < 1.29 is 17.9 Å². The summed E-state index contributed by atoms with van der Waals surface area (Å²) >= 11 is 1.19. The molecule has 0 aliphatic rings.